The van der Waals surface area contributed by atoms with Gasteiger partial charge in [0.2, 0.25) is 5.91 Å². The number of hydrogen-bond donors (Lipinski definition) is 2. The van der Waals surface area contributed by atoms with Gasteiger partial charge in [0.1, 0.15) is 11.9 Å². The van der Waals surface area contributed by atoms with Crippen molar-refractivity contribution in [3.8, 4) is 0 Å². The topological polar surface area (TPSA) is 83.6 Å². The predicted molar refractivity (Wildman–Crippen MR) is 107 cm³/mol. The minimum Gasteiger partial charge on any atom is -0.368 e. The van der Waals surface area contributed by atoms with Crippen LogP contribution in [0.25, 0.3) is 0 Å². The summed E-state index contributed by atoms with van der Waals surface area (Å²) in [6, 6.07) is 6.08. The Balaban J connectivity index is 1.27. The van der Waals surface area contributed by atoms with E-state index in [1.165, 1.54) is 23.5 Å². The van der Waals surface area contributed by atoms with Gasteiger partial charge in [-0.15, -0.1) is 11.3 Å². The number of hydrogen-bond acceptors (Lipinski definition) is 6. The Morgan fingerprint density at radius 1 is 1.31 bits per heavy atom. The van der Waals surface area contributed by atoms with E-state index < -0.39 is 0 Å². The number of nitrogens with zero attached hydrogens (tertiary/aromatic N) is 2. The summed E-state index contributed by atoms with van der Waals surface area (Å²) in [6.45, 7) is 2.66. The Kier molecular flexibility index (Phi) is 6.17. The second-order valence-electron chi connectivity index (χ2n) is 7.24. The Morgan fingerprint density at radius 2 is 2.14 bits per heavy atom. The van der Waals surface area contributed by atoms with Crippen LogP contribution in [0.5, 0.6) is 0 Å². The van der Waals surface area contributed by atoms with Gasteiger partial charge in [-0.2, -0.15) is 0 Å². The van der Waals surface area contributed by atoms with Crippen LogP contribution >= 0.6 is 11.3 Å². The van der Waals surface area contributed by atoms with Gasteiger partial charge >= 0.3 is 0 Å². The summed E-state index contributed by atoms with van der Waals surface area (Å²) in [5.41, 5.74) is 1.84. The van der Waals surface area contributed by atoms with E-state index in [2.05, 4.69) is 20.5 Å². The number of nitrogens with one attached hydrogen (secondary N) is 2. The van der Waals surface area contributed by atoms with Crippen molar-refractivity contribution in [1.82, 2.24) is 15.2 Å². The maximum absolute atomic E-state index is 12.9. The van der Waals surface area contributed by atoms with E-state index in [-0.39, 0.29) is 30.3 Å². The van der Waals surface area contributed by atoms with Crippen molar-refractivity contribution in [1.29, 1.82) is 0 Å². The van der Waals surface area contributed by atoms with Crippen molar-refractivity contribution < 1.29 is 18.7 Å². The van der Waals surface area contributed by atoms with E-state index in [9.17, 15) is 14.0 Å². The number of carbonyl (C=O) groups is 2. The molecule has 2 amide bonds. The van der Waals surface area contributed by atoms with E-state index in [1.807, 2.05) is 0 Å². The fraction of sp³-hybridized carbons (Fsp3) is 0.450. The SMILES string of the molecule is O=C(CN1CCc2nc(NC(=O)C3CCCO3)sc2C1)NCc1ccc(F)cc1. The quantitative estimate of drug-likeness (QED) is 0.751. The number of fused-ring (bicyclic) bond motifs is 1. The molecule has 1 aromatic heterocycles. The van der Waals surface area contributed by atoms with Gasteiger partial charge < -0.3 is 10.1 Å². The molecule has 7 nitrogen and oxygen atoms in total. The Hall–Kier alpha value is -2.36. The normalized spacial score (nSPS) is 19.0. The third-order valence-electron chi connectivity index (χ3n) is 5.03. The number of benzene rings is 1. The third-order valence-corrected chi connectivity index (χ3v) is 6.03. The number of halogens is 1. The van der Waals surface area contributed by atoms with Gasteiger partial charge in [-0.1, -0.05) is 12.1 Å². The summed E-state index contributed by atoms with van der Waals surface area (Å²) in [4.78, 5) is 32.1. The molecule has 2 N–H and O–H groups in total. The zero-order valence-electron chi connectivity index (χ0n) is 15.9. The Morgan fingerprint density at radius 3 is 2.90 bits per heavy atom. The fourth-order valence-corrected chi connectivity index (χ4v) is 4.52. The van der Waals surface area contributed by atoms with Gasteiger partial charge in [0.15, 0.2) is 5.13 Å². The largest absolute Gasteiger partial charge is 0.368 e. The van der Waals surface area contributed by atoms with E-state index in [4.69, 9.17) is 4.74 Å². The molecule has 1 unspecified atom stereocenters. The first kappa shape index (κ1) is 19.9. The van der Waals surface area contributed by atoms with Crippen LogP contribution < -0.4 is 10.6 Å². The number of ether oxygens (including phenoxy) is 1. The van der Waals surface area contributed by atoms with Crippen molar-refractivity contribution in [3.05, 3.63) is 46.2 Å². The molecular formula is C20H23FN4O3S. The summed E-state index contributed by atoms with van der Waals surface area (Å²) in [7, 11) is 0. The van der Waals surface area contributed by atoms with Crippen LogP contribution in [-0.2, 0) is 33.8 Å². The first-order chi connectivity index (χ1) is 14.1. The number of anilines is 1. The van der Waals surface area contributed by atoms with Crippen molar-refractivity contribution >= 4 is 28.3 Å². The summed E-state index contributed by atoms with van der Waals surface area (Å²) < 4.78 is 18.3. The molecule has 0 spiro atoms. The lowest BCUT2D eigenvalue weighted by molar-refractivity contribution is -0.124. The molecule has 154 valence electrons. The molecule has 2 aliphatic rings. The number of thiazole rings is 1. The molecule has 2 aliphatic heterocycles. The Labute approximate surface area is 172 Å². The van der Waals surface area contributed by atoms with E-state index >= 15 is 0 Å². The molecule has 1 atom stereocenters. The zero-order valence-corrected chi connectivity index (χ0v) is 16.8. The van der Waals surface area contributed by atoms with Crippen LogP contribution in [0, 0.1) is 5.82 Å². The van der Waals surface area contributed by atoms with Crippen molar-refractivity contribution in [2.45, 2.75) is 38.5 Å². The Bertz CT molecular complexity index is 880. The van der Waals surface area contributed by atoms with Gasteiger partial charge in [0, 0.05) is 37.5 Å². The van der Waals surface area contributed by atoms with Crippen LogP contribution in [0.1, 0.15) is 29.0 Å². The van der Waals surface area contributed by atoms with Gasteiger partial charge in [-0.25, -0.2) is 9.37 Å². The van der Waals surface area contributed by atoms with Gasteiger partial charge in [-0.3, -0.25) is 19.8 Å². The number of amides is 2. The average Bonchev–Trinajstić information content (AvgIpc) is 3.37. The monoisotopic (exact) mass is 418 g/mol. The van der Waals surface area contributed by atoms with Crippen LogP contribution in [0.4, 0.5) is 9.52 Å². The third kappa shape index (κ3) is 5.17. The molecule has 4 rings (SSSR count). The van der Waals surface area contributed by atoms with Crippen LogP contribution in [0.15, 0.2) is 24.3 Å². The van der Waals surface area contributed by atoms with Gasteiger partial charge in [0.25, 0.3) is 5.91 Å². The lowest BCUT2D eigenvalue weighted by Crippen LogP contribution is -2.39. The summed E-state index contributed by atoms with van der Waals surface area (Å²) in [6.07, 6.45) is 2.02. The predicted octanol–water partition coefficient (Wildman–Crippen LogP) is 2.07. The molecule has 0 aliphatic carbocycles. The molecule has 9 heteroatoms. The summed E-state index contributed by atoms with van der Waals surface area (Å²) in [5, 5.41) is 6.32. The second kappa shape index (κ2) is 8.98. The molecule has 2 aromatic rings. The summed E-state index contributed by atoms with van der Waals surface area (Å²) in [5.74, 6) is -0.500. The molecule has 1 fully saturated rings. The smallest absolute Gasteiger partial charge is 0.255 e. The highest BCUT2D eigenvalue weighted by Crippen LogP contribution is 2.28. The standard InChI is InChI=1S/C20H23FN4O3S/c21-14-5-3-13(4-6-14)10-22-18(26)12-25-8-7-15-17(11-25)29-20(23-15)24-19(27)16-2-1-9-28-16/h3-6,16H,1-2,7-12H2,(H,22,26)(H,23,24,27). The van der Waals surface area contributed by atoms with E-state index in [0.717, 1.165) is 41.9 Å². The maximum atomic E-state index is 12.9. The highest BCUT2D eigenvalue weighted by atomic mass is 32.1. The van der Waals surface area contributed by atoms with Crippen molar-refractivity contribution in [2.24, 2.45) is 0 Å². The van der Waals surface area contributed by atoms with Crippen LogP contribution in [-0.4, -0.2) is 47.5 Å². The van der Waals surface area contributed by atoms with Crippen molar-refractivity contribution in [3.63, 3.8) is 0 Å². The van der Waals surface area contributed by atoms with E-state index in [1.54, 1.807) is 12.1 Å². The average molecular weight is 418 g/mol. The minimum atomic E-state index is -0.378. The van der Waals surface area contributed by atoms with Gasteiger partial charge in [0.05, 0.1) is 12.2 Å². The molecule has 1 saturated heterocycles. The highest BCUT2D eigenvalue weighted by molar-refractivity contribution is 7.15. The molecule has 1 aromatic carbocycles. The second-order valence-corrected chi connectivity index (χ2v) is 8.33. The number of carbonyl (C=O) groups excluding carboxylic acids is 2. The maximum Gasteiger partial charge on any atom is 0.255 e. The van der Waals surface area contributed by atoms with E-state index in [0.29, 0.717) is 24.8 Å². The highest BCUT2D eigenvalue weighted by Gasteiger charge is 2.26. The van der Waals surface area contributed by atoms with Gasteiger partial charge in [-0.05, 0) is 30.5 Å². The molecule has 3 heterocycles. The lowest BCUT2D eigenvalue weighted by atomic mass is 10.2. The van der Waals surface area contributed by atoms with Crippen LogP contribution in [0.3, 0.4) is 0 Å². The first-order valence-corrected chi connectivity index (χ1v) is 10.5. The fourth-order valence-electron chi connectivity index (χ4n) is 3.47. The molecule has 29 heavy (non-hydrogen) atoms. The summed E-state index contributed by atoms with van der Waals surface area (Å²) >= 11 is 1.46. The minimum absolute atomic E-state index is 0.0748. The zero-order chi connectivity index (χ0) is 20.2. The molecule has 0 radical (unpaired) electrons. The molecule has 0 bridgehead atoms. The van der Waals surface area contributed by atoms with Crippen LogP contribution in [0.2, 0.25) is 0 Å². The number of rotatable bonds is 6. The van der Waals surface area contributed by atoms with Crippen molar-refractivity contribution in [2.75, 3.05) is 25.0 Å². The first-order valence-electron chi connectivity index (χ1n) is 9.71. The molecule has 0 saturated carbocycles. The lowest BCUT2D eigenvalue weighted by Gasteiger charge is -2.25. The number of aromatic nitrogens is 1. The molecular weight excluding hydrogens is 395 g/mol.